The third kappa shape index (κ3) is 2.96. The zero-order chi connectivity index (χ0) is 14.8. The van der Waals surface area contributed by atoms with E-state index in [1.165, 1.54) is 7.11 Å². The molecule has 2 rings (SSSR count). The van der Waals surface area contributed by atoms with E-state index < -0.39 is 6.04 Å². The summed E-state index contributed by atoms with van der Waals surface area (Å²) >= 11 is 0. The molecule has 1 N–H and O–H groups in total. The number of para-hydroxylation sites is 1. The summed E-state index contributed by atoms with van der Waals surface area (Å²) in [5, 5.41) is 3.24. The first kappa shape index (κ1) is 14.9. The maximum absolute atomic E-state index is 12.0. The van der Waals surface area contributed by atoms with Gasteiger partial charge in [-0.1, -0.05) is 25.1 Å². The van der Waals surface area contributed by atoms with Crippen LogP contribution in [0.2, 0.25) is 0 Å². The van der Waals surface area contributed by atoms with Gasteiger partial charge in [0.15, 0.2) is 0 Å². The highest BCUT2D eigenvalue weighted by Crippen LogP contribution is 2.40. The maximum atomic E-state index is 12.0. The first-order valence-electron chi connectivity index (χ1n) is 7.10. The highest BCUT2D eigenvalue weighted by Gasteiger charge is 2.35. The van der Waals surface area contributed by atoms with Gasteiger partial charge in [-0.2, -0.15) is 0 Å². The zero-order valence-electron chi connectivity index (χ0n) is 12.7. The lowest BCUT2D eigenvalue weighted by atomic mass is 9.98. The van der Waals surface area contributed by atoms with Crippen LogP contribution >= 0.6 is 0 Å². The number of ether oxygens (including phenoxy) is 2. The standard InChI is InChI=1S/C16H23NO3/c1-5-9-17-13(15(18)19-4)12-8-6-7-11-10-16(2,3)20-14(11)12/h6-8,13,17H,5,9-10H2,1-4H3. The normalized spacial score (nSPS) is 17.2. The van der Waals surface area contributed by atoms with E-state index in [0.717, 1.165) is 36.3 Å². The Morgan fingerprint density at radius 1 is 1.50 bits per heavy atom. The molecular weight excluding hydrogens is 254 g/mol. The van der Waals surface area contributed by atoms with Crippen LogP contribution in [0.4, 0.5) is 0 Å². The highest BCUT2D eigenvalue weighted by atomic mass is 16.5. The van der Waals surface area contributed by atoms with Crippen molar-refractivity contribution in [3.05, 3.63) is 29.3 Å². The minimum atomic E-state index is -0.469. The fourth-order valence-electron chi connectivity index (χ4n) is 2.59. The van der Waals surface area contributed by atoms with Crippen LogP contribution < -0.4 is 10.1 Å². The van der Waals surface area contributed by atoms with Gasteiger partial charge in [-0.05, 0) is 32.4 Å². The average Bonchev–Trinajstić information content (AvgIpc) is 2.73. The van der Waals surface area contributed by atoms with Crippen molar-refractivity contribution in [2.75, 3.05) is 13.7 Å². The smallest absolute Gasteiger partial charge is 0.327 e. The second kappa shape index (κ2) is 5.83. The Labute approximate surface area is 120 Å². The van der Waals surface area contributed by atoms with Crippen molar-refractivity contribution in [3.8, 4) is 5.75 Å². The molecule has 0 fully saturated rings. The monoisotopic (exact) mass is 277 g/mol. The minimum absolute atomic E-state index is 0.218. The number of hydrogen-bond acceptors (Lipinski definition) is 4. The van der Waals surface area contributed by atoms with Gasteiger partial charge < -0.3 is 14.8 Å². The third-order valence-corrected chi connectivity index (χ3v) is 3.47. The molecule has 0 saturated carbocycles. The average molecular weight is 277 g/mol. The molecule has 1 aromatic rings. The Bertz CT molecular complexity index is 496. The first-order chi connectivity index (χ1) is 9.48. The summed E-state index contributed by atoms with van der Waals surface area (Å²) in [6, 6.07) is 5.50. The lowest BCUT2D eigenvalue weighted by Gasteiger charge is -2.21. The van der Waals surface area contributed by atoms with Crippen LogP contribution in [0.1, 0.15) is 44.4 Å². The summed E-state index contributed by atoms with van der Waals surface area (Å²) in [4.78, 5) is 12.0. The molecule has 1 aromatic carbocycles. The molecule has 110 valence electrons. The number of fused-ring (bicyclic) bond motifs is 1. The van der Waals surface area contributed by atoms with Gasteiger partial charge in [-0.25, -0.2) is 4.79 Å². The molecule has 4 heteroatoms. The summed E-state index contributed by atoms with van der Waals surface area (Å²) in [5.41, 5.74) is 1.80. The van der Waals surface area contributed by atoms with E-state index in [0.29, 0.717) is 0 Å². The van der Waals surface area contributed by atoms with Gasteiger partial charge in [0.1, 0.15) is 17.4 Å². The van der Waals surface area contributed by atoms with Gasteiger partial charge in [-0.15, -0.1) is 0 Å². The fraction of sp³-hybridized carbons (Fsp3) is 0.562. The van der Waals surface area contributed by atoms with E-state index in [4.69, 9.17) is 9.47 Å². The van der Waals surface area contributed by atoms with Crippen LogP contribution in [0.15, 0.2) is 18.2 Å². The van der Waals surface area contributed by atoms with Crippen molar-refractivity contribution in [1.29, 1.82) is 0 Å². The van der Waals surface area contributed by atoms with Gasteiger partial charge >= 0.3 is 5.97 Å². The van der Waals surface area contributed by atoms with Crippen LogP contribution in [0.5, 0.6) is 5.75 Å². The van der Waals surface area contributed by atoms with Crippen molar-refractivity contribution in [1.82, 2.24) is 5.32 Å². The Morgan fingerprint density at radius 2 is 2.25 bits per heavy atom. The molecule has 1 aliphatic rings. The largest absolute Gasteiger partial charge is 0.487 e. The highest BCUT2D eigenvalue weighted by molar-refractivity contribution is 5.79. The Hall–Kier alpha value is -1.55. The topological polar surface area (TPSA) is 47.6 Å². The lowest BCUT2D eigenvalue weighted by molar-refractivity contribution is -0.143. The van der Waals surface area contributed by atoms with Gasteiger partial charge in [0.05, 0.1) is 7.11 Å². The molecule has 0 spiro atoms. The van der Waals surface area contributed by atoms with Crippen LogP contribution in [-0.4, -0.2) is 25.2 Å². The first-order valence-corrected chi connectivity index (χ1v) is 7.10. The van der Waals surface area contributed by atoms with E-state index in [1.807, 2.05) is 12.1 Å². The van der Waals surface area contributed by atoms with E-state index in [1.54, 1.807) is 0 Å². The van der Waals surface area contributed by atoms with Gasteiger partial charge in [0.2, 0.25) is 0 Å². The molecule has 20 heavy (non-hydrogen) atoms. The van der Waals surface area contributed by atoms with Gasteiger partial charge in [0, 0.05) is 12.0 Å². The summed E-state index contributed by atoms with van der Waals surface area (Å²) in [6.45, 7) is 6.94. The Balaban J connectivity index is 2.36. The number of rotatable bonds is 5. The number of benzene rings is 1. The lowest BCUT2D eigenvalue weighted by Crippen LogP contribution is -2.31. The molecule has 0 radical (unpaired) electrons. The molecular formula is C16H23NO3. The molecule has 0 amide bonds. The molecule has 1 aliphatic heterocycles. The molecule has 0 bridgehead atoms. The summed E-state index contributed by atoms with van der Waals surface area (Å²) in [7, 11) is 1.41. The predicted molar refractivity (Wildman–Crippen MR) is 77.9 cm³/mol. The molecule has 4 nitrogen and oxygen atoms in total. The number of carbonyl (C=O) groups excluding carboxylic acids is 1. The summed E-state index contributed by atoms with van der Waals surface area (Å²) in [5.74, 6) is 0.552. The summed E-state index contributed by atoms with van der Waals surface area (Å²) in [6.07, 6.45) is 1.81. The minimum Gasteiger partial charge on any atom is -0.487 e. The second-order valence-electron chi connectivity index (χ2n) is 5.78. The second-order valence-corrected chi connectivity index (χ2v) is 5.78. The van der Waals surface area contributed by atoms with Crippen LogP contribution in [0.25, 0.3) is 0 Å². The predicted octanol–water partition coefficient (Wildman–Crippen LogP) is 2.61. The van der Waals surface area contributed by atoms with Crippen LogP contribution in [0, 0.1) is 0 Å². The van der Waals surface area contributed by atoms with E-state index in [-0.39, 0.29) is 11.6 Å². The fourth-order valence-corrected chi connectivity index (χ4v) is 2.59. The van der Waals surface area contributed by atoms with Crippen LogP contribution in [-0.2, 0) is 16.0 Å². The molecule has 0 aliphatic carbocycles. The van der Waals surface area contributed by atoms with Crippen molar-refractivity contribution >= 4 is 5.97 Å². The number of carbonyl (C=O) groups is 1. The van der Waals surface area contributed by atoms with Crippen LogP contribution in [0.3, 0.4) is 0 Å². The van der Waals surface area contributed by atoms with Gasteiger partial charge in [-0.3, -0.25) is 0 Å². The SMILES string of the molecule is CCCNC(C(=O)OC)c1cccc2c1OC(C)(C)C2. The zero-order valence-corrected chi connectivity index (χ0v) is 12.7. The van der Waals surface area contributed by atoms with E-state index >= 15 is 0 Å². The number of methoxy groups -OCH3 is 1. The summed E-state index contributed by atoms with van der Waals surface area (Å²) < 4.78 is 11.0. The number of esters is 1. The quantitative estimate of drug-likeness (QED) is 0.840. The van der Waals surface area contributed by atoms with E-state index in [9.17, 15) is 4.79 Å². The maximum Gasteiger partial charge on any atom is 0.327 e. The molecule has 0 aromatic heterocycles. The number of hydrogen-bond donors (Lipinski definition) is 1. The van der Waals surface area contributed by atoms with Crippen molar-refractivity contribution in [2.24, 2.45) is 0 Å². The van der Waals surface area contributed by atoms with Crippen molar-refractivity contribution in [2.45, 2.75) is 45.3 Å². The molecule has 1 atom stereocenters. The molecule has 1 unspecified atom stereocenters. The van der Waals surface area contributed by atoms with Gasteiger partial charge in [0.25, 0.3) is 0 Å². The Morgan fingerprint density at radius 3 is 2.90 bits per heavy atom. The third-order valence-electron chi connectivity index (χ3n) is 3.47. The number of nitrogens with one attached hydrogen (secondary N) is 1. The Kier molecular flexibility index (Phi) is 4.33. The van der Waals surface area contributed by atoms with E-state index in [2.05, 4.69) is 32.2 Å². The van der Waals surface area contributed by atoms with Crippen molar-refractivity contribution < 1.29 is 14.3 Å². The van der Waals surface area contributed by atoms with Crippen molar-refractivity contribution in [3.63, 3.8) is 0 Å². The molecule has 0 saturated heterocycles. The molecule has 1 heterocycles.